The van der Waals surface area contributed by atoms with Crippen LogP contribution in [0.25, 0.3) is 0 Å². The molecule has 0 spiro atoms. The number of ether oxygens (including phenoxy) is 1. The molecule has 4 nitrogen and oxygen atoms in total. The minimum atomic E-state index is 0.611. The van der Waals surface area contributed by atoms with Crippen molar-refractivity contribution in [3.63, 3.8) is 0 Å². The minimum Gasteiger partial charge on any atom is -0.497 e. The van der Waals surface area contributed by atoms with Gasteiger partial charge in [-0.15, -0.1) is 0 Å². The maximum atomic E-state index is 5.18. The van der Waals surface area contributed by atoms with Gasteiger partial charge in [0.05, 0.1) is 7.11 Å². The summed E-state index contributed by atoms with van der Waals surface area (Å²) < 4.78 is 5.18. The Kier molecular flexibility index (Phi) is 5.05. The first-order valence-electron chi connectivity index (χ1n) is 6.96. The molecular formula is C15H25N3O. The van der Waals surface area contributed by atoms with Crippen LogP contribution in [0.2, 0.25) is 0 Å². The zero-order valence-corrected chi connectivity index (χ0v) is 12.2. The quantitative estimate of drug-likeness (QED) is 0.869. The Morgan fingerprint density at radius 2 is 2.11 bits per heavy atom. The van der Waals surface area contributed by atoms with E-state index in [1.807, 2.05) is 12.1 Å². The fraction of sp³-hybridized carbons (Fsp3) is 0.600. The van der Waals surface area contributed by atoms with E-state index in [1.165, 1.54) is 12.1 Å². The molecule has 1 aromatic carbocycles. The van der Waals surface area contributed by atoms with E-state index in [-0.39, 0.29) is 0 Å². The molecule has 1 aliphatic heterocycles. The highest BCUT2D eigenvalue weighted by Crippen LogP contribution is 2.18. The topological polar surface area (TPSA) is 27.7 Å². The van der Waals surface area contributed by atoms with Crippen molar-refractivity contribution in [3.05, 3.63) is 24.3 Å². The molecule has 1 fully saturated rings. The van der Waals surface area contributed by atoms with Crippen molar-refractivity contribution in [2.45, 2.75) is 12.5 Å². The first kappa shape index (κ1) is 14.2. The smallest absolute Gasteiger partial charge is 0.119 e. The number of hydrogen-bond acceptors (Lipinski definition) is 4. The number of rotatable bonds is 5. The second kappa shape index (κ2) is 6.78. The van der Waals surface area contributed by atoms with Gasteiger partial charge in [-0.1, -0.05) is 0 Å². The van der Waals surface area contributed by atoms with Crippen molar-refractivity contribution in [1.29, 1.82) is 0 Å². The van der Waals surface area contributed by atoms with Crippen molar-refractivity contribution in [1.82, 2.24) is 10.2 Å². The number of piperazine rings is 1. The van der Waals surface area contributed by atoms with Gasteiger partial charge in [-0.3, -0.25) is 0 Å². The first-order valence-corrected chi connectivity index (χ1v) is 6.96. The van der Waals surface area contributed by atoms with Gasteiger partial charge in [-0.05, 0) is 37.7 Å². The molecule has 0 aromatic heterocycles. The van der Waals surface area contributed by atoms with Crippen LogP contribution in [0, 0.1) is 0 Å². The molecule has 0 aliphatic carbocycles. The summed E-state index contributed by atoms with van der Waals surface area (Å²) in [6, 6.07) is 8.86. The Bertz CT molecular complexity index is 379. The molecule has 19 heavy (non-hydrogen) atoms. The van der Waals surface area contributed by atoms with Gasteiger partial charge in [-0.2, -0.15) is 0 Å². The summed E-state index contributed by atoms with van der Waals surface area (Å²) in [5.74, 6) is 0.910. The number of anilines is 1. The number of methoxy groups -OCH3 is 1. The van der Waals surface area contributed by atoms with Crippen LogP contribution in [-0.4, -0.2) is 58.3 Å². The Hall–Kier alpha value is -1.26. The SMILES string of the molecule is COc1ccc(N(C)CCC2CN(C)CCN2)cc1. The van der Waals surface area contributed by atoms with E-state index in [0.717, 1.165) is 31.9 Å². The highest BCUT2D eigenvalue weighted by molar-refractivity contribution is 5.48. The number of nitrogens with one attached hydrogen (secondary N) is 1. The third kappa shape index (κ3) is 4.11. The summed E-state index contributed by atoms with van der Waals surface area (Å²) in [5.41, 5.74) is 1.24. The molecule has 1 unspecified atom stereocenters. The molecule has 0 amide bonds. The van der Waals surface area contributed by atoms with Gasteiger partial charge in [0.25, 0.3) is 0 Å². The van der Waals surface area contributed by atoms with E-state index < -0.39 is 0 Å². The molecule has 1 aliphatic rings. The monoisotopic (exact) mass is 263 g/mol. The van der Waals surface area contributed by atoms with E-state index in [2.05, 4.69) is 41.3 Å². The molecule has 0 bridgehead atoms. The van der Waals surface area contributed by atoms with Crippen LogP contribution in [-0.2, 0) is 0 Å². The normalized spacial score (nSPS) is 20.3. The largest absolute Gasteiger partial charge is 0.497 e. The van der Waals surface area contributed by atoms with E-state index >= 15 is 0 Å². The third-order valence-electron chi connectivity index (χ3n) is 3.78. The predicted molar refractivity (Wildman–Crippen MR) is 80.2 cm³/mol. The van der Waals surface area contributed by atoms with Crippen molar-refractivity contribution in [3.8, 4) is 5.75 Å². The maximum absolute atomic E-state index is 5.18. The van der Waals surface area contributed by atoms with Crippen LogP contribution in [0.5, 0.6) is 5.75 Å². The molecule has 1 saturated heterocycles. The van der Waals surface area contributed by atoms with Crippen LogP contribution in [0.1, 0.15) is 6.42 Å². The highest BCUT2D eigenvalue weighted by atomic mass is 16.5. The summed E-state index contributed by atoms with van der Waals surface area (Å²) >= 11 is 0. The van der Waals surface area contributed by atoms with Gasteiger partial charge in [0.15, 0.2) is 0 Å². The summed E-state index contributed by atoms with van der Waals surface area (Å²) in [4.78, 5) is 4.70. The van der Waals surface area contributed by atoms with Crippen molar-refractivity contribution >= 4 is 5.69 Å². The van der Waals surface area contributed by atoms with Crippen molar-refractivity contribution in [2.24, 2.45) is 0 Å². The lowest BCUT2D eigenvalue weighted by Gasteiger charge is -2.32. The molecule has 106 valence electrons. The van der Waals surface area contributed by atoms with Crippen molar-refractivity contribution in [2.75, 3.05) is 52.3 Å². The second-order valence-electron chi connectivity index (χ2n) is 5.32. The third-order valence-corrected chi connectivity index (χ3v) is 3.78. The van der Waals surface area contributed by atoms with Crippen molar-refractivity contribution < 1.29 is 4.74 Å². The van der Waals surface area contributed by atoms with Gasteiger partial charge in [0, 0.05) is 45.0 Å². The summed E-state index contributed by atoms with van der Waals surface area (Å²) in [6.45, 7) is 4.48. The highest BCUT2D eigenvalue weighted by Gasteiger charge is 2.16. The van der Waals surface area contributed by atoms with E-state index in [4.69, 9.17) is 4.74 Å². The van der Waals surface area contributed by atoms with E-state index in [1.54, 1.807) is 7.11 Å². The van der Waals surface area contributed by atoms with Gasteiger partial charge in [0.2, 0.25) is 0 Å². The van der Waals surface area contributed by atoms with Gasteiger partial charge in [-0.25, -0.2) is 0 Å². The predicted octanol–water partition coefficient (Wildman–Crippen LogP) is 1.43. The average Bonchev–Trinajstić information content (AvgIpc) is 2.45. The molecule has 2 rings (SSSR count). The average molecular weight is 263 g/mol. The standard InChI is InChI=1S/C15H25N3O/c1-17-11-9-16-13(12-17)8-10-18(2)14-4-6-15(19-3)7-5-14/h4-7,13,16H,8-12H2,1-3H3. The molecular weight excluding hydrogens is 238 g/mol. The molecule has 4 heteroatoms. The maximum Gasteiger partial charge on any atom is 0.119 e. The second-order valence-corrected chi connectivity index (χ2v) is 5.32. The molecule has 1 heterocycles. The zero-order valence-electron chi connectivity index (χ0n) is 12.2. The van der Waals surface area contributed by atoms with Crippen LogP contribution in [0.15, 0.2) is 24.3 Å². The summed E-state index contributed by atoms with van der Waals surface area (Å²) in [5, 5.41) is 3.59. The Morgan fingerprint density at radius 3 is 2.74 bits per heavy atom. The molecule has 1 N–H and O–H groups in total. The molecule has 1 aromatic rings. The molecule has 0 radical (unpaired) electrons. The van der Waals surface area contributed by atoms with Crippen LogP contribution >= 0.6 is 0 Å². The lowest BCUT2D eigenvalue weighted by molar-refractivity contribution is 0.233. The van der Waals surface area contributed by atoms with Crippen LogP contribution in [0.4, 0.5) is 5.69 Å². The Morgan fingerprint density at radius 1 is 1.37 bits per heavy atom. The first-order chi connectivity index (χ1) is 9.19. The minimum absolute atomic E-state index is 0.611. The lowest BCUT2D eigenvalue weighted by atomic mass is 10.1. The molecule has 1 atom stereocenters. The molecule has 0 saturated carbocycles. The number of hydrogen-bond donors (Lipinski definition) is 1. The summed E-state index contributed by atoms with van der Waals surface area (Å²) in [6.07, 6.45) is 1.17. The lowest BCUT2D eigenvalue weighted by Crippen LogP contribution is -2.49. The zero-order chi connectivity index (χ0) is 13.7. The number of nitrogens with zero attached hydrogens (tertiary/aromatic N) is 2. The Balaban J connectivity index is 1.81. The van der Waals surface area contributed by atoms with E-state index in [9.17, 15) is 0 Å². The van der Waals surface area contributed by atoms with Crippen LogP contribution < -0.4 is 15.0 Å². The van der Waals surface area contributed by atoms with Gasteiger partial charge >= 0.3 is 0 Å². The van der Waals surface area contributed by atoms with Gasteiger partial charge in [0.1, 0.15) is 5.75 Å². The fourth-order valence-corrected chi connectivity index (χ4v) is 2.50. The van der Waals surface area contributed by atoms with E-state index in [0.29, 0.717) is 6.04 Å². The Labute approximate surface area is 116 Å². The summed E-state index contributed by atoms with van der Waals surface area (Å²) in [7, 11) is 6.04. The fourth-order valence-electron chi connectivity index (χ4n) is 2.50. The van der Waals surface area contributed by atoms with Gasteiger partial charge < -0.3 is 19.9 Å². The van der Waals surface area contributed by atoms with Crippen LogP contribution in [0.3, 0.4) is 0 Å². The number of likely N-dealkylation sites (N-methyl/N-ethyl adjacent to an activating group) is 1. The number of benzene rings is 1.